The Morgan fingerprint density at radius 3 is 1.79 bits per heavy atom. The van der Waals surface area contributed by atoms with Crippen LogP contribution in [0.15, 0.2) is 48.5 Å². The molecule has 3 N–H and O–H groups in total. The number of alkyl halides is 6. The number of nitrogens with two attached hydrogens (primary N) is 1. The highest BCUT2D eigenvalue weighted by molar-refractivity contribution is 5.92. The summed E-state index contributed by atoms with van der Waals surface area (Å²) in [4.78, 5) is 21.0. The average molecular weight is 411 g/mol. The zero-order valence-corrected chi connectivity index (χ0v) is 13.5. The number of carboxylic acid groups (broad SMARTS) is 1. The summed E-state index contributed by atoms with van der Waals surface area (Å²) in [6.45, 7) is 0. The lowest BCUT2D eigenvalue weighted by Gasteiger charge is -2.14. The van der Waals surface area contributed by atoms with Gasteiger partial charge >= 0.3 is 18.7 Å². The second-order valence-electron chi connectivity index (χ2n) is 4.79. The van der Waals surface area contributed by atoms with Crippen LogP contribution < -0.4 is 15.2 Å². The Balaban J connectivity index is 0.000000362. The van der Waals surface area contributed by atoms with Crippen LogP contribution >= 0.6 is 0 Å². The van der Waals surface area contributed by atoms with Crippen molar-refractivity contribution in [3.63, 3.8) is 0 Å². The van der Waals surface area contributed by atoms with Crippen LogP contribution in [-0.4, -0.2) is 29.7 Å². The number of carbonyl (C=O) groups is 2. The molecule has 0 aromatic heterocycles. The number of amides is 1. The maximum absolute atomic E-state index is 12.0. The Labute approximate surface area is 153 Å². The third-order valence-corrected chi connectivity index (χ3v) is 2.70. The van der Waals surface area contributed by atoms with Crippen LogP contribution in [0.3, 0.4) is 0 Å². The number of hydrogen-bond donors (Lipinski definition) is 2. The predicted octanol–water partition coefficient (Wildman–Crippen LogP) is 3.97. The fourth-order valence-electron chi connectivity index (χ4n) is 1.69. The van der Waals surface area contributed by atoms with E-state index in [2.05, 4.69) is 9.47 Å². The first kappa shape index (κ1) is 22.6. The van der Waals surface area contributed by atoms with Crippen LogP contribution in [0.25, 0.3) is 0 Å². The molecule has 0 heterocycles. The molecule has 2 aromatic carbocycles. The van der Waals surface area contributed by atoms with Gasteiger partial charge in [0.25, 0.3) is 0 Å². The van der Waals surface area contributed by atoms with Gasteiger partial charge in [0.15, 0.2) is 0 Å². The van der Waals surface area contributed by atoms with E-state index in [0.717, 1.165) is 0 Å². The molecule has 0 bridgehead atoms. The molecule has 6 nitrogen and oxygen atoms in total. The smallest absolute Gasteiger partial charge is 0.478 e. The molecule has 0 aliphatic heterocycles. The number of rotatable bonds is 4. The van der Waals surface area contributed by atoms with Crippen molar-refractivity contribution in [1.82, 2.24) is 0 Å². The van der Waals surface area contributed by atoms with E-state index in [1.54, 1.807) is 24.3 Å². The summed E-state index contributed by atoms with van der Waals surface area (Å²) < 4.78 is 78.2. The van der Waals surface area contributed by atoms with Crippen molar-refractivity contribution in [2.45, 2.75) is 12.7 Å². The monoisotopic (exact) mass is 411 g/mol. The van der Waals surface area contributed by atoms with E-state index in [-0.39, 0.29) is 12.0 Å². The van der Waals surface area contributed by atoms with E-state index in [0.29, 0.717) is 17.7 Å². The largest absolute Gasteiger partial charge is 0.573 e. The topological polar surface area (TPSA) is 98.9 Å². The fraction of sp³-hybridized carbons (Fsp3) is 0.125. The van der Waals surface area contributed by atoms with Crippen LogP contribution in [0.4, 0.5) is 26.3 Å². The molecule has 0 spiro atoms. The third-order valence-electron chi connectivity index (χ3n) is 2.70. The van der Waals surface area contributed by atoms with Crippen molar-refractivity contribution < 1.29 is 50.5 Å². The lowest BCUT2D eigenvalue weighted by atomic mass is 10.2. The summed E-state index contributed by atoms with van der Waals surface area (Å²) in [5.74, 6) is -4.51. The zero-order valence-electron chi connectivity index (χ0n) is 13.5. The highest BCUT2D eigenvalue weighted by Crippen LogP contribution is 2.32. The SMILES string of the molecule is NC(=O)c1ccccc1.O=C(O)c1ccc(OC(F)(F)F)cc1OC(F)(F)F. The summed E-state index contributed by atoms with van der Waals surface area (Å²) in [6.07, 6.45) is -10.4. The Kier molecular flexibility index (Phi) is 7.24. The van der Waals surface area contributed by atoms with Gasteiger partial charge in [-0.2, -0.15) is 0 Å². The standard InChI is InChI=1S/C9H4F6O4.C7H7NO/c10-8(11,12)18-4-1-2-5(7(16)17)6(3-4)19-9(13,14)15;8-7(9)6-4-2-1-3-5-6/h1-3H,(H,16,17);1-5H,(H2,8,9). The van der Waals surface area contributed by atoms with E-state index in [1.165, 1.54) is 0 Å². The molecule has 0 radical (unpaired) electrons. The number of hydrogen-bond acceptors (Lipinski definition) is 4. The molecule has 0 fully saturated rings. The molecule has 0 unspecified atom stereocenters. The molecule has 0 atom stereocenters. The Morgan fingerprint density at radius 1 is 0.857 bits per heavy atom. The van der Waals surface area contributed by atoms with Crippen molar-refractivity contribution in [2.24, 2.45) is 5.73 Å². The Hall–Kier alpha value is -3.44. The minimum atomic E-state index is -5.25. The molecular formula is C16H11F6NO5. The minimum Gasteiger partial charge on any atom is -0.478 e. The van der Waals surface area contributed by atoms with Gasteiger partial charge in [-0.15, -0.1) is 26.3 Å². The molecule has 152 valence electrons. The van der Waals surface area contributed by atoms with Crippen molar-refractivity contribution >= 4 is 11.9 Å². The number of aromatic carboxylic acids is 1. The molecule has 0 aliphatic rings. The summed E-state index contributed by atoms with van der Waals surface area (Å²) in [6, 6.07) is 10.0. The summed E-state index contributed by atoms with van der Waals surface area (Å²) in [5, 5.41) is 8.58. The van der Waals surface area contributed by atoms with Gasteiger partial charge in [0.1, 0.15) is 17.1 Å². The quantitative estimate of drug-likeness (QED) is 0.742. The van der Waals surface area contributed by atoms with Crippen LogP contribution in [-0.2, 0) is 0 Å². The van der Waals surface area contributed by atoms with Crippen molar-refractivity contribution in [2.75, 3.05) is 0 Å². The first-order valence-electron chi connectivity index (χ1n) is 7.02. The molecule has 2 rings (SSSR count). The van der Waals surface area contributed by atoms with Gasteiger partial charge in [0, 0.05) is 11.6 Å². The Bertz CT molecular complexity index is 821. The summed E-state index contributed by atoms with van der Waals surface area (Å²) in [7, 11) is 0. The second-order valence-corrected chi connectivity index (χ2v) is 4.79. The van der Waals surface area contributed by atoms with Crippen molar-refractivity contribution in [3.05, 3.63) is 59.7 Å². The molecule has 0 saturated heterocycles. The number of carbonyl (C=O) groups excluding carboxylic acids is 1. The second kappa shape index (κ2) is 8.97. The normalized spacial score (nSPS) is 11.1. The molecular weight excluding hydrogens is 400 g/mol. The van der Waals surface area contributed by atoms with E-state index in [1.807, 2.05) is 6.07 Å². The lowest BCUT2D eigenvalue weighted by molar-refractivity contribution is -0.276. The summed E-state index contributed by atoms with van der Waals surface area (Å²) in [5.41, 5.74) is 4.58. The molecule has 0 saturated carbocycles. The number of halogens is 6. The van der Waals surface area contributed by atoms with Gasteiger partial charge in [-0.05, 0) is 24.3 Å². The third kappa shape index (κ3) is 8.29. The van der Waals surface area contributed by atoms with E-state index in [9.17, 15) is 35.9 Å². The number of ether oxygens (including phenoxy) is 2. The fourth-order valence-corrected chi connectivity index (χ4v) is 1.69. The number of benzene rings is 2. The number of primary amides is 1. The molecule has 2 aromatic rings. The van der Waals surface area contributed by atoms with Gasteiger partial charge < -0.3 is 20.3 Å². The van der Waals surface area contributed by atoms with Gasteiger partial charge in [0.05, 0.1) is 0 Å². The molecule has 12 heteroatoms. The molecule has 28 heavy (non-hydrogen) atoms. The van der Waals surface area contributed by atoms with Crippen molar-refractivity contribution in [3.8, 4) is 11.5 Å². The van der Waals surface area contributed by atoms with Crippen LogP contribution in [0.2, 0.25) is 0 Å². The van der Waals surface area contributed by atoms with Crippen LogP contribution in [0.1, 0.15) is 20.7 Å². The minimum absolute atomic E-state index is 0.185. The lowest BCUT2D eigenvalue weighted by Crippen LogP contribution is -2.20. The average Bonchev–Trinajstić information content (AvgIpc) is 2.53. The van der Waals surface area contributed by atoms with Gasteiger partial charge in [-0.25, -0.2) is 4.79 Å². The highest BCUT2D eigenvalue weighted by atomic mass is 19.4. The van der Waals surface area contributed by atoms with Crippen LogP contribution in [0, 0.1) is 0 Å². The maximum Gasteiger partial charge on any atom is 0.573 e. The Morgan fingerprint density at radius 2 is 1.39 bits per heavy atom. The van der Waals surface area contributed by atoms with E-state index >= 15 is 0 Å². The van der Waals surface area contributed by atoms with E-state index in [4.69, 9.17) is 10.8 Å². The molecule has 0 aliphatic carbocycles. The predicted molar refractivity (Wildman–Crippen MR) is 81.7 cm³/mol. The number of carboxylic acids is 1. The van der Waals surface area contributed by atoms with E-state index < -0.39 is 35.8 Å². The first-order valence-corrected chi connectivity index (χ1v) is 7.02. The molecule has 1 amide bonds. The van der Waals surface area contributed by atoms with Gasteiger partial charge in [0.2, 0.25) is 5.91 Å². The maximum atomic E-state index is 12.0. The highest BCUT2D eigenvalue weighted by Gasteiger charge is 2.35. The van der Waals surface area contributed by atoms with Crippen molar-refractivity contribution in [1.29, 1.82) is 0 Å². The first-order chi connectivity index (χ1) is 12.8. The summed E-state index contributed by atoms with van der Waals surface area (Å²) >= 11 is 0. The van der Waals surface area contributed by atoms with Crippen LogP contribution in [0.5, 0.6) is 11.5 Å². The van der Waals surface area contributed by atoms with Gasteiger partial charge in [-0.1, -0.05) is 18.2 Å². The van der Waals surface area contributed by atoms with Gasteiger partial charge in [-0.3, -0.25) is 4.79 Å². The zero-order chi connectivity index (χ0) is 21.5.